The highest BCUT2D eigenvalue weighted by molar-refractivity contribution is 6.13. The average molecular weight is 316 g/mol. The van der Waals surface area contributed by atoms with Gasteiger partial charge >= 0.3 is 0 Å². The molecule has 0 radical (unpaired) electrons. The highest BCUT2D eigenvalue weighted by Crippen LogP contribution is 2.46. The lowest BCUT2D eigenvalue weighted by atomic mass is 10.0. The zero-order valence-corrected chi connectivity index (χ0v) is 14.6. The van der Waals surface area contributed by atoms with Crippen molar-refractivity contribution in [3.05, 3.63) is 29.8 Å². The maximum Gasteiger partial charge on any atom is 0.240 e. The number of benzene rings is 1. The third-order valence-corrected chi connectivity index (χ3v) is 4.46. The van der Waals surface area contributed by atoms with Gasteiger partial charge in [0.15, 0.2) is 0 Å². The summed E-state index contributed by atoms with van der Waals surface area (Å²) in [5, 5.41) is 5.80. The quantitative estimate of drug-likeness (QED) is 0.754. The molecule has 0 aromatic heterocycles. The van der Waals surface area contributed by atoms with Gasteiger partial charge in [-0.3, -0.25) is 9.59 Å². The van der Waals surface area contributed by atoms with Crippen molar-refractivity contribution < 1.29 is 9.59 Å². The average Bonchev–Trinajstić information content (AvgIpc) is 3.29. The molecule has 2 amide bonds. The van der Waals surface area contributed by atoms with Crippen LogP contribution in [0.1, 0.15) is 58.4 Å². The molecule has 2 rings (SSSR count). The molecule has 23 heavy (non-hydrogen) atoms. The van der Waals surface area contributed by atoms with Gasteiger partial charge in [0.1, 0.15) is 5.41 Å². The Labute approximate surface area is 139 Å². The number of nitrogens with one attached hydrogen (secondary N) is 2. The van der Waals surface area contributed by atoms with Gasteiger partial charge in [-0.25, -0.2) is 0 Å². The number of carbonyl (C=O) groups excluding carboxylic acids is 2. The van der Waals surface area contributed by atoms with Crippen LogP contribution in [0, 0.1) is 11.3 Å². The van der Waals surface area contributed by atoms with Crippen molar-refractivity contribution >= 4 is 17.5 Å². The van der Waals surface area contributed by atoms with E-state index in [0.29, 0.717) is 31.2 Å². The van der Waals surface area contributed by atoms with Crippen LogP contribution in [0.25, 0.3) is 0 Å². The second-order valence-electron chi connectivity index (χ2n) is 7.25. The smallest absolute Gasteiger partial charge is 0.240 e. The molecular weight excluding hydrogens is 288 g/mol. The summed E-state index contributed by atoms with van der Waals surface area (Å²) in [5.74, 6) is 0.686. The molecule has 0 heterocycles. The lowest BCUT2D eigenvalue weighted by Gasteiger charge is -2.16. The normalized spacial score (nSPS) is 15.6. The number of hydrogen-bond acceptors (Lipinski definition) is 2. The Hall–Kier alpha value is -1.84. The maximum absolute atomic E-state index is 12.5. The second kappa shape index (κ2) is 7.16. The van der Waals surface area contributed by atoms with Gasteiger partial charge in [0.25, 0.3) is 0 Å². The Morgan fingerprint density at radius 3 is 2.13 bits per heavy atom. The van der Waals surface area contributed by atoms with Crippen molar-refractivity contribution in [1.29, 1.82) is 0 Å². The van der Waals surface area contributed by atoms with Crippen molar-refractivity contribution in [3.8, 4) is 0 Å². The maximum atomic E-state index is 12.5. The number of anilines is 1. The Morgan fingerprint density at radius 1 is 1.04 bits per heavy atom. The first-order chi connectivity index (χ1) is 10.8. The number of amides is 2. The van der Waals surface area contributed by atoms with Crippen molar-refractivity contribution in [2.45, 2.75) is 52.9 Å². The number of rotatable bonds is 7. The fourth-order valence-electron chi connectivity index (χ4n) is 2.53. The molecule has 0 unspecified atom stereocenters. The van der Waals surface area contributed by atoms with Crippen molar-refractivity contribution in [2.24, 2.45) is 11.3 Å². The largest absolute Gasteiger partial charge is 0.355 e. The first-order valence-electron chi connectivity index (χ1n) is 8.55. The van der Waals surface area contributed by atoms with Crippen LogP contribution in [-0.2, 0) is 9.59 Å². The standard InChI is InChI=1S/C19H28N2O2/c1-13(2)9-12-20-17(22)19(10-11-19)18(23)21-16-7-5-15(6-8-16)14(3)4/h5-8,13-14H,9-12H2,1-4H3,(H,20,22)(H,21,23). The van der Waals surface area contributed by atoms with Crippen LogP contribution in [0.5, 0.6) is 0 Å². The van der Waals surface area contributed by atoms with E-state index in [-0.39, 0.29) is 11.8 Å². The van der Waals surface area contributed by atoms with Gasteiger partial charge in [-0.05, 0) is 48.8 Å². The molecule has 1 aromatic carbocycles. The van der Waals surface area contributed by atoms with Crippen LogP contribution < -0.4 is 10.6 Å². The molecule has 1 aromatic rings. The van der Waals surface area contributed by atoms with E-state index in [1.54, 1.807) is 0 Å². The fraction of sp³-hybridized carbons (Fsp3) is 0.579. The molecule has 0 aliphatic heterocycles. The highest BCUT2D eigenvalue weighted by atomic mass is 16.2. The Kier molecular flexibility index (Phi) is 5.45. The van der Waals surface area contributed by atoms with E-state index in [1.807, 2.05) is 24.3 Å². The molecule has 1 saturated carbocycles. The fourth-order valence-corrected chi connectivity index (χ4v) is 2.53. The third-order valence-electron chi connectivity index (χ3n) is 4.46. The monoisotopic (exact) mass is 316 g/mol. The molecular formula is C19H28N2O2. The minimum absolute atomic E-state index is 0.130. The molecule has 4 heteroatoms. The van der Waals surface area contributed by atoms with E-state index in [2.05, 4.69) is 38.3 Å². The lowest BCUT2D eigenvalue weighted by molar-refractivity contribution is -0.134. The molecule has 0 atom stereocenters. The van der Waals surface area contributed by atoms with Crippen LogP contribution in [0.3, 0.4) is 0 Å². The molecule has 1 aliphatic carbocycles. The van der Waals surface area contributed by atoms with Crippen molar-refractivity contribution in [3.63, 3.8) is 0 Å². The molecule has 0 bridgehead atoms. The number of hydrogen-bond donors (Lipinski definition) is 2. The Morgan fingerprint density at radius 2 is 1.65 bits per heavy atom. The number of carbonyl (C=O) groups is 2. The summed E-state index contributed by atoms with van der Waals surface area (Å²) in [6.45, 7) is 9.14. The van der Waals surface area contributed by atoms with Gasteiger partial charge in [0.05, 0.1) is 0 Å². The van der Waals surface area contributed by atoms with E-state index in [4.69, 9.17) is 0 Å². The van der Waals surface area contributed by atoms with Crippen molar-refractivity contribution in [2.75, 3.05) is 11.9 Å². The highest BCUT2D eigenvalue weighted by Gasteiger charge is 2.56. The lowest BCUT2D eigenvalue weighted by Crippen LogP contribution is -2.40. The SMILES string of the molecule is CC(C)CCNC(=O)C1(C(=O)Nc2ccc(C(C)C)cc2)CC1. The van der Waals surface area contributed by atoms with Crippen LogP contribution >= 0.6 is 0 Å². The summed E-state index contributed by atoms with van der Waals surface area (Å²) in [6.07, 6.45) is 2.20. The van der Waals surface area contributed by atoms with Gasteiger partial charge < -0.3 is 10.6 Å². The first-order valence-corrected chi connectivity index (χ1v) is 8.55. The molecule has 2 N–H and O–H groups in total. The van der Waals surface area contributed by atoms with E-state index in [0.717, 1.165) is 12.1 Å². The summed E-state index contributed by atoms with van der Waals surface area (Å²) in [4.78, 5) is 24.8. The summed E-state index contributed by atoms with van der Waals surface area (Å²) < 4.78 is 0. The second-order valence-corrected chi connectivity index (χ2v) is 7.25. The van der Waals surface area contributed by atoms with Gasteiger partial charge in [0, 0.05) is 12.2 Å². The molecule has 1 fully saturated rings. The predicted octanol–water partition coefficient (Wildman–Crippen LogP) is 3.69. The minimum Gasteiger partial charge on any atom is -0.355 e. The first kappa shape index (κ1) is 17.5. The molecule has 0 spiro atoms. The summed E-state index contributed by atoms with van der Waals surface area (Å²) in [5.41, 5.74) is 1.13. The summed E-state index contributed by atoms with van der Waals surface area (Å²) >= 11 is 0. The molecule has 1 aliphatic rings. The Bertz CT molecular complexity index is 557. The van der Waals surface area contributed by atoms with E-state index in [9.17, 15) is 9.59 Å². The van der Waals surface area contributed by atoms with Crippen LogP contribution in [0.2, 0.25) is 0 Å². The van der Waals surface area contributed by atoms with Crippen molar-refractivity contribution in [1.82, 2.24) is 5.32 Å². The minimum atomic E-state index is -0.853. The van der Waals surface area contributed by atoms with Gasteiger partial charge in [-0.2, -0.15) is 0 Å². The van der Waals surface area contributed by atoms with Crippen LogP contribution in [0.4, 0.5) is 5.69 Å². The van der Waals surface area contributed by atoms with E-state index < -0.39 is 5.41 Å². The van der Waals surface area contributed by atoms with Gasteiger partial charge in [0.2, 0.25) is 11.8 Å². The van der Waals surface area contributed by atoms with E-state index in [1.165, 1.54) is 5.56 Å². The van der Waals surface area contributed by atoms with E-state index >= 15 is 0 Å². The zero-order chi connectivity index (χ0) is 17.0. The summed E-state index contributed by atoms with van der Waals surface area (Å²) in [7, 11) is 0. The Balaban J connectivity index is 1.92. The topological polar surface area (TPSA) is 58.2 Å². The molecule has 4 nitrogen and oxygen atoms in total. The van der Waals surface area contributed by atoms with Crippen LogP contribution in [-0.4, -0.2) is 18.4 Å². The van der Waals surface area contributed by atoms with Crippen LogP contribution in [0.15, 0.2) is 24.3 Å². The predicted molar refractivity (Wildman–Crippen MR) is 93.3 cm³/mol. The molecule has 126 valence electrons. The zero-order valence-electron chi connectivity index (χ0n) is 14.6. The summed E-state index contributed by atoms with van der Waals surface area (Å²) in [6, 6.07) is 7.84. The third kappa shape index (κ3) is 4.34. The van der Waals surface area contributed by atoms with Gasteiger partial charge in [-0.15, -0.1) is 0 Å². The molecule has 0 saturated heterocycles. The van der Waals surface area contributed by atoms with Gasteiger partial charge in [-0.1, -0.05) is 39.8 Å².